The van der Waals surface area contributed by atoms with Crippen molar-refractivity contribution in [3.8, 4) is 0 Å². The summed E-state index contributed by atoms with van der Waals surface area (Å²) < 4.78 is 6.84. The van der Waals surface area contributed by atoms with Gasteiger partial charge in [0.1, 0.15) is 0 Å². The van der Waals surface area contributed by atoms with Gasteiger partial charge in [-0.1, -0.05) is 37.1 Å². The average Bonchev–Trinajstić information content (AvgIpc) is 3.14. The molecule has 7 atom stereocenters. The van der Waals surface area contributed by atoms with Gasteiger partial charge < -0.3 is 9.84 Å². The van der Waals surface area contributed by atoms with E-state index in [4.69, 9.17) is 4.74 Å². The third-order valence-corrected chi connectivity index (χ3v) is 8.38. The van der Waals surface area contributed by atoms with E-state index in [0.29, 0.717) is 11.8 Å². The normalized spacial score (nSPS) is 45.2. The van der Waals surface area contributed by atoms with Crippen molar-refractivity contribution in [2.24, 2.45) is 29.1 Å². The van der Waals surface area contributed by atoms with E-state index in [0.717, 1.165) is 37.7 Å². The lowest BCUT2D eigenvalue weighted by Gasteiger charge is -2.44. The number of hydrogen-bond acceptors (Lipinski definition) is 3. The maximum Gasteiger partial charge on any atom is 0.163 e. The van der Waals surface area contributed by atoms with Gasteiger partial charge in [0.15, 0.2) is 5.78 Å². The van der Waals surface area contributed by atoms with Crippen molar-refractivity contribution in [1.82, 2.24) is 0 Å². The standard InChI is InChI=1S/C25H36O3/c1-15(2)10-19-12-17(4)25(28-19)9-8-24(5)13-20-16(3)11-21(27)23(20)18(14-26)6-7-22(24)25/h6,10-11,17,19-20,22-23,26H,7-9,12-14H2,1-5H3/t17-,19-,20+,22+,23-,24+,25-/m0/s1. The van der Waals surface area contributed by atoms with Crippen LogP contribution < -0.4 is 0 Å². The highest BCUT2D eigenvalue weighted by atomic mass is 16.5. The van der Waals surface area contributed by atoms with Crippen molar-refractivity contribution in [3.05, 3.63) is 34.9 Å². The first-order chi connectivity index (χ1) is 13.2. The van der Waals surface area contributed by atoms with E-state index in [2.05, 4.69) is 46.8 Å². The number of carbonyl (C=O) groups is 1. The van der Waals surface area contributed by atoms with E-state index in [1.54, 1.807) is 0 Å². The Balaban J connectivity index is 1.72. The third kappa shape index (κ3) is 2.97. The minimum Gasteiger partial charge on any atom is -0.392 e. The molecule has 0 radical (unpaired) electrons. The molecule has 154 valence electrons. The fraction of sp³-hybridized carbons (Fsp3) is 0.720. The van der Waals surface area contributed by atoms with Crippen molar-refractivity contribution in [1.29, 1.82) is 0 Å². The topological polar surface area (TPSA) is 46.5 Å². The Morgan fingerprint density at radius 3 is 2.79 bits per heavy atom. The lowest BCUT2D eigenvalue weighted by atomic mass is 9.62. The Labute approximate surface area is 169 Å². The van der Waals surface area contributed by atoms with Crippen LogP contribution in [0.25, 0.3) is 0 Å². The Kier molecular flexibility index (Phi) is 4.99. The molecule has 1 spiro atoms. The van der Waals surface area contributed by atoms with Gasteiger partial charge in [0.25, 0.3) is 0 Å². The lowest BCUT2D eigenvalue weighted by Crippen LogP contribution is -2.44. The van der Waals surface area contributed by atoms with Crippen molar-refractivity contribution in [2.45, 2.75) is 78.4 Å². The monoisotopic (exact) mass is 384 g/mol. The highest BCUT2D eigenvalue weighted by Gasteiger charge is 2.61. The molecule has 1 saturated carbocycles. The van der Waals surface area contributed by atoms with Gasteiger partial charge in [0, 0.05) is 0 Å². The summed E-state index contributed by atoms with van der Waals surface area (Å²) in [6, 6.07) is 0. The number of hydrogen-bond donors (Lipinski definition) is 1. The van der Waals surface area contributed by atoms with Crippen LogP contribution in [0.4, 0.5) is 0 Å². The van der Waals surface area contributed by atoms with Gasteiger partial charge in [-0.2, -0.15) is 0 Å². The van der Waals surface area contributed by atoms with Gasteiger partial charge in [-0.15, -0.1) is 0 Å². The Hall–Kier alpha value is -1.19. The zero-order chi connectivity index (χ0) is 20.3. The van der Waals surface area contributed by atoms with Crippen LogP contribution in [0.1, 0.15) is 66.7 Å². The molecule has 3 heteroatoms. The van der Waals surface area contributed by atoms with Crippen molar-refractivity contribution >= 4 is 5.78 Å². The van der Waals surface area contributed by atoms with E-state index < -0.39 is 0 Å². The second-order valence-corrected chi connectivity index (χ2v) is 10.5. The minimum atomic E-state index is -0.139. The molecule has 0 bridgehead atoms. The number of aliphatic hydroxyl groups is 1. The number of rotatable bonds is 2. The molecule has 1 heterocycles. The van der Waals surface area contributed by atoms with Crippen LogP contribution in [0.15, 0.2) is 34.9 Å². The molecule has 0 amide bonds. The molecule has 4 aliphatic rings. The van der Waals surface area contributed by atoms with Gasteiger partial charge in [-0.05, 0) is 87.7 Å². The largest absolute Gasteiger partial charge is 0.392 e. The molecular weight excluding hydrogens is 348 g/mol. The summed E-state index contributed by atoms with van der Waals surface area (Å²) in [5, 5.41) is 10.0. The second kappa shape index (κ2) is 6.95. The Morgan fingerprint density at radius 2 is 2.11 bits per heavy atom. The van der Waals surface area contributed by atoms with Crippen LogP contribution in [0, 0.1) is 29.1 Å². The maximum absolute atomic E-state index is 12.6. The first-order valence-electron chi connectivity index (χ1n) is 11.0. The molecular formula is C25H36O3. The molecule has 3 nitrogen and oxygen atoms in total. The van der Waals surface area contributed by atoms with Crippen LogP contribution in [0.2, 0.25) is 0 Å². The van der Waals surface area contributed by atoms with E-state index in [1.165, 1.54) is 11.1 Å². The fourth-order valence-corrected chi connectivity index (χ4v) is 7.01. The number of aliphatic hydroxyl groups excluding tert-OH is 1. The molecule has 0 aromatic rings. The second-order valence-electron chi connectivity index (χ2n) is 10.5. The first kappa shape index (κ1) is 20.1. The number of ketones is 1. The summed E-state index contributed by atoms with van der Waals surface area (Å²) in [4.78, 5) is 12.6. The zero-order valence-corrected chi connectivity index (χ0v) is 18.1. The summed E-state index contributed by atoms with van der Waals surface area (Å²) in [5.74, 6) is 1.25. The smallest absolute Gasteiger partial charge is 0.163 e. The summed E-state index contributed by atoms with van der Waals surface area (Å²) in [6.45, 7) is 11.2. The molecule has 0 aromatic carbocycles. The number of ether oxygens (including phenoxy) is 1. The summed E-state index contributed by atoms with van der Waals surface area (Å²) in [6.07, 6.45) is 11.8. The Bertz CT molecular complexity index is 756. The number of allylic oxidation sites excluding steroid dienone is 4. The molecule has 3 aliphatic carbocycles. The van der Waals surface area contributed by atoms with E-state index in [1.807, 2.05) is 6.08 Å². The van der Waals surface area contributed by atoms with E-state index >= 15 is 0 Å². The predicted molar refractivity (Wildman–Crippen MR) is 112 cm³/mol. The van der Waals surface area contributed by atoms with E-state index in [-0.39, 0.29) is 41.3 Å². The number of carbonyl (C=O) groups excluding carboxylic acids is 1. The summed E-state index contributed by atoms with van der Waals surface area (Å²) in [7, 11) is 0. The zero-order valence-electron chi connectivity index (χ0n) is 18.1. The van der Waals surface area contributed by atoms with Crippen LogP contribution in [-0.4, -0.2) is 29.2 Å². The average molecular weight is 385 g/mol. The molecule has 1 saturated heterocycles. The lowest BCUT2D eigenvalue weighted by molar-refractivity contribution is -0.118. The highest BCUT2D eigenvalue weighted by Crippen LogP contribution is 2.63. The maximum atomic E-state index is 12.6. The van der Waals surface area contributed by atoms with Gasteiger partial charge in [0.05, 0.1) is 24.2 Å². The van der Waals surface area contributed by atoms with Crippen LogP contribution in [0.3, 0.4) is 0 Å². The van der Waals surface area contributed by atoms with Crippen molar-refractivity contribution in [3.63, 3.8) is 0 Å². The molecule has 28 heavy (non-hydrogen) atoms. The minimum absolute atomic E-state index is 0.0126. The van der Waals surface area contributed by atoms with Gasteiger partial charge >= 0.3 is 0 Å². The Morgan fingerprint density at radius 1 is 1.36 bits per heavy atom. The summed E-state index contributed by atoms with van der Waals surface area (Å²) in [5.41, 5.74) is 3.55. The van der Waals surface area contributed by atoms with E-state index in [9.17, 15) is 9.90 Å². The number of fused-ring (bicyclic) bond motifs is 3. The summed E-state index contributed by atoms with van der Waals surface area (Å²) >= 11 is 0. The molecule has 1 aliphatic heterocycles. The van der Waals surface area contributed by atoms with Crippen LogP contribution in [0.5, 0.6) is 0 Å². The van der Waals surface area contributed by atoms with Crippen molar-refractivity contribution < 1.29 is 14.6 Å². The van der Waals surface area contributed by atoms with Gasteiger partial charge in [-0.25, -0.2) is 0 Å². The molecule has 4 rings (SSSR count). The quantitative estimate of drug-likeness (QED) is 0.681. The SMILES string of the molecule is CC(C)=C[C@H]1C[C@H](C)[C@]2(CC[C@]3(C)C[C@@H]4C(C)=CC(=O)[C@H]4C(CO)=CC[C@H]32)O1. The molecule has 2 fully saturated rings. The third-order valence-electron chi connectivity index (χ3n) is 8.38. The predicted octanol–water partition coefficient (Wildman–Crippen LogP) is 5.01. The van der Waals surface area contributed by atoms with Crippen LogP contribution >= 0.6 is 0 Å². The molecule has 0 unspecified atom stereocenters. The van der Waals surface area contributed by atoms with Gasteiger partial charge in [-0.3, -0.25) is 4.79 Å². The fourth-order valence-electron chi connectivity index (χ4n) is 7.01. The van der Waals surface area contributed by atoms with Crippen molar-refractivity contribution in [2.75, 3.05) is 6.61 Å². The van der Waals surface area contributed by atoms with Gasteiger partial charge in [0.2, 0.25) is 0 Å². The molecule has 0 aromatic heterocycles. The van der Waals surface area contributed by atoms with Crippen LogP contribution in [-0.2, 0) is 9.53 Å². The first-order valence-corrected chi connectivity index (χ1v) is 11.0. The highest BCUT2D eigenvalue weighted by molar-refractivity contribution is 5.97. The molecule has 1 N–H and O–H groups in total.